The van der Waals surface area contributed by atoms with Crippen LogP contribution in [0.25, 0.3) is 0 Å². The van der Waals surface area contributed by atoms with Gasteiger partial charge in [-0.05, 0) is 24.7 Å². The summed E-state index contributed by atoms with van der Waals surface area (Å²) in [7, 11) is 0. The van der Waals surface area contributed by atoms with E-state index in [2.05, 4.69) is 0 Å². The first-order chi connectivity index (χ1) is 6.26. The lowest BCUT2D eigenvalue weighted by Gasteiger charge is -2.28. The second kappa shape index (κ2) is 2.99. The summed E-state index contributed by atoms with van der Waals surface area (Å²) >= 11 is 0. The van der Waals surface area contributed by atoms with Gasteiger partial charge in [-0.2, -0.15) is 5.26 Å². The Morgan fingerprint density at radius 3 is 2.62 bits per heavy atom. The van der Waals surface area contributed by atoms with Gasteiger partial charge in [0.1, 0.15) is 6.07 Å². The molecule has 2 aliphatic carbocycles. The standard InChI is InChI=1S/C11H13NO/c12-8-9-7-11(4-1-2-5-11)6-3-10(9)13/h7H,1-6H2. The molecule has 0 aromatic rings. The highest BCUT2D eigenvalue weighted by atomic mass is 16.1. The van der Waals surface area contributed by atoms with Crippen LogP contribution in [-0.2, 0) is 4.79 Å². The predicted molar refractivity (Wildman–Crippen MR) is 48.8 cm³/mol. The highest BCUT2D eigenvalue weighted by molar-refractivity contribution is 5.99. The first-order valence-corrected chi connectivity index (χ1v) is 4.92. The third-order valence-corrected chi connectivity index (χ3v) is 3.32. The summed E-state index contributed by atoms with van der Waals surface area (Å²) in [6.07, 6.45) is 8.35. The van der Waals surface area contributed by atoms with Crippen LogP contribution < -0.4 is 0 Å². The van der Waals surface area contributed by atoms with Crippen molar-refractivity contribution in [2.24, 2.45) is 5.41 Å². The molecular weight excluding hydrogens is 162 g/mol. The fourth-order valence-corrected chi connectivity index (χ4v) is 2.52. The summed E-state index contributed by atoms with van der Waals surface area (Å²) < 4.78 is 0. The minimum absolute atomic E-state index is 0.0417. The lowest BCUT2D eigenvalue weighted by molar-refractivity contribution is -0.116. The Balaban J connectivity index is 2.30. The van der Waals surface area contributed by atoms with E-state index in [0.29, 0.717) is 12.0 Å². The molecule has 0 unspecified atom stereocenters. The van der Waals surface area contributed by atoms with Gasteiger partial charge >= 0.3 is 0 Å². The molecule has 13 heavy (non-hydrogen) atoms. The molecule has 2 nitrogen and oxygen atoms in total. The SMILES string of the molecule is N#CC1=CC2(CCCC2)CCC1=O. The van der Waals surface area contributed by atoms with E-state index in [1.54, 1.807) is 0 Å². The first-order valence-electron chi connectivity index (χ1n) is 4.92. The van der Waals surface area contributed by atoms with Crippen molar-refractivity contribution in [3.63, 3.8) is 0 Å². The molecule has 1 spiro atoms. The quantitative estimate of drug-likeness (QED) is 0.567. The minimum atomic E-state index is 0.0417. The van der Waals surface area contributed by atoms with Crippen LogP contribution in [0.5, 0.6) is 0 Å². The van der Waals surface area contributed by atoms with E-state index < -0.39 is 0 Å². The summed E-state index contributed by atoms with van der Waals surface area (Å²) in [6.45, 7) is 0. The summed E-state index contributed by atoms with van der Waals surface area (Å²) in [5.41, 5.74) is 0.632. The molecule has 2 aliphatic rings. The van der Waals surface area contributed by atoms with Crippen molar-refractivity contribution in [2.75, 3.05) is 0 Å². The molecule has 68 valence electrons. The van der Waals surface area contributed by atoms with Gasteiger partial charge in [-0.15, -0.1) is 0 Å². The van der Waals surface area contributed by atoms with Crippen LogP contribution in [0.3, 0.4) is 0 Å². The first kappa shape index (κ1) is 8.50. The number of carbonyl (C=O) groups is 1. The van der Waals surface area contributed by atoms with Crippen molar-refractivity contribution >= 4 is 5.78 Å². The van der Waals surface area contributed by atoms with Crippen LogP contribution in [0.1, 0.15) is 38.5 Å². The maximum atomic E-state index is 11.3. The lowest BCUT2D eigenvalue weighted by atomic mass is 9.75. The molecule has 0 aromatic carbocycles. The van der Waals surface area contributed by atoms with E-state index in [1.165, 1.54) is 25.7 Å². The van der Waals surface area contributed by atoms with Gasteiger partial charge < -0.3 is 0 Å². The number of hydrogen-bond acceptors (Lipinski definition) is 2. The minimum Gasteiger partial charge on any atom is -0.293 e. The number of carbonyl (C=O) groups excluding carboxylic acids is 1. The van der Waals surface area contributed by atoms with Crippen molar-refractivity contribution in [3.8, 4) is 6.07 Å². The van der Waals surface area contributed by atoms with Crippen LogP contribution >= 0.6 is 0 Å². The fraction of sp³-hybridized carbons (Fsp3) is 0.636. The van der Waals surface area contributed by atoms with Gasteiger partial charge in [0.15, 0.2) is 5.78 Å². The zero-order valence-corrected chi connectivity index (χ0v) is 7.68. The Labute approximate surface area is 78.2 Å². The normalized spacial score (nSPS) is 25.8. The Bertz CT molecular complexity index is 303. The predicted octanol–water partition coefficient (Wildman–Crippen LogP) is 2.36. The molecule has 0 radical (unpaired) electrons. The third kappa shape index (κ3) is 1.39. The Morgan fingerprint density at radius 1 is 1.31 bits per heavy atom. The smallest absolute Gasteiger partial charge is 0.173 e. The van der Waals surface area contributed by atoms with Crippen LogP contribution in [0.4, 0.5) is 0 Å². The van der Waals surface area contributed by atoms with E-state index in [0.717, 1.165) is 6.42 Å². The molecule has 0 amide bonds. The molecule has 0 aromatic heterocycles. The Hall–Kier alpha value is -1.10. The van der Waals surface area contributed by atoms with Crippen LogP contribution in [0.2, 0.25) is 0 Å². The zero-order chi connectivity index (χ0) is 9.31. The number of nitrogens with zero attached hydrogens (tertiary/aromatic N) is 1. The van der Waals surface area contributed by atoms with E-state index in [1.807, 2.05) is 12.1 Å². The van der Waals surface area contributed by atoms with Gasteiger partial charge in [0, 0.05) is 6.42 Å². The van der Waals surface area contributed by atoms with Gasteiger partial charge in [-0.25, -0.2) is 0 Å². The molecular formula is C11H13NO. The topological polar surface area (TPSA) is 40.9 Å². The molecule has 2 rings (SSSR count). The molecule has 1 saturated carbocycles. The molecule has 0 N–H and O–H groups in total. The summed E-state index contributed by atoms with van der Waals surface area (Å²) in [6, 6.07) is 2.02. The van der Waals surface area contributed by atoms with Gasteiger partial charge in [0.25, 0.3) is 0 Å². The van der Waals surface area contributed by atoms with Gasteiger partial charge in [0.2, 0.25) is 0 Å². The monoisotopic (exact) mass is 175 g/mol. The molecule has 0 heterocycles. The summed E-state index contributed by atoms with van der Waals surface area (Å²) in [4.78, 5) is 11.3. The van der Waals surface area contributed by atoms with Crippen LogP contribution in [-0.4, -0.2) is 5.78 Å². The van der Waals surface area contributed by atoms with E-state index in [-0.39, 0.29) is 11.2 Å². The van der Waals surface area contributed by atoms with Gasteiger partial charge in [0.05, 0.1) is 5.57 Å². The molecule has 1 fully saturated rings. The van der Waals surface area contributed by atoms with Crippen molar-refractivity contribution in [1.82, 2.24) is 0 Å². The zero-order valence-electron chi connectivity index (χ0n) is 7.68. The van der Waals surface area contributed by atoms with Crippen molar-refractivity contribution in [2.45, 2.75) is 38.5 Å². The van der Waals surface area contributed by atoms with E-state index >= 15 is 0 Å². The largest absolute Gasteiger partial charge is 0.293 e. The molecule has 0 aliphatic heterocycles. The number of Topliss-reactive ketones (excluding diaryl/α,β-unsaturated/α-hetero) is 1. The maximum Gasteiger partial charge on any atom is 0.173 e. The number of hydrogen-bond donors (Lipinski definition) is 0. The number of allylic oxidation sites excluding steroid dienone is 2. The average Bonchev–Trinajstić information content (AvgIpc) is 2.59. The summed E-state index contributed by atoms with van der Waals surface area (Å²) in [5.74, 6) is 0.0417. The number of nitriles is 1. The van der Waals surface area contributed by atoms with Crippen molar-refractivity contribution < 1.29 is 4.79 Å². The Morgan fingerprint density at radius 2 is 2.00 bits per heavy atom. The maximum absolute atomic E-state index is 11.3. The lowest BCUT2D eigenvalue weighted by Crippen LogP contribution is -2.22. The highest BCUT2D eigenvalue weighted by Crippen LogP contribution is 2.46. The van der Waals surface area contributed by atoms with Gasteiger partial charge in [-0.3, -0.25) is 4.79 Å². The highest BCUT2D eigenvalue weighted by Gasteiger charge is 2.36. The molecule has 0 atom stereocenters. The molecule has 0 bridgehead atoms. The van der Waals surface area contributed by atoms with E-state index in [4.69, 9.17) is 5.26 Å². The van der Waals surface area contributed by atoms with Crippen molar-refractivity contribution in [1.29, 1.82) is 5.26 Å². The average molecular weight is 175 g/mol. The molecule has 0 saturated heterocycles. The molecule has 2 heteroatoms. The van der Waals surface area contributed by atoms with Crippen LogP contribution in [0.15, 0.2) is 11.6 Å². The third-order valence-electron chi connectivity index (χ3n) is 3.32. The van der Waals surface area contributed by atoms with Gasteiger partial charge in [-0.1, -0.05) is 18.9 Å². The second-order valence-corrected chi connectivity index (χ2v) is 4.16. The summed E-state index contributed by atoms with van der Waals surface area (Å²) in [5, 5.41) is 8.77. The fourth-order valence-electron chi connectivity index (χ4n) is 2.52. The van der Waals surface area contributed by atoms with Crippen molar-refractivity contribution in [3.05, 3.63) is 11.6 Å². The van der Waals surface area contributed by atoms with E-state index in [9.17, 15) is 4.79 Å². The Kier molecular flexibility index (Phi) is 1.95. The number of rotatable bonds is 0. The number of ketones is 1. The van der Waals surface area contributed by atoms with Crippen LogP contribution in [0, 0.1) is 16.7 Å². The second-order valence-electron chi connectivity index (χ2n) is 4.16.